The fourth-order valence-electron chi connectivity index (χ4n) is 0.973. The van der Waals surface area contributed by atoms with E-state index in [-0.39, 0.29) is 0 Å². The molecular formula is C9H9N3O. The molecule has 0 bridgehead atoms. The van der Waals surface area contributed by atoms with E-state index in [1.807, 2.05) is 19.9 Å². The molecule has 0 saturated carbocycles. The molecule has 0 aliphatic carbocycles. The average molecular weight is 175 g/mol. The Morgan fingerprint density at radius 3 is 2.62 bits per heavy atom. The van der Waals surface area contributed by atoms with Gasteiger partial charge in [0.25, 0.3) is 0 Å². The first-order chi connectivity index (χ1) is 6.15. The quantitative estimate of drug-likeness (QED) is 0.367. The molecule has 1 rings (SSSR count). The van der Waals surface area contributed by atoms with Crippen molar-refractivity contribution < 1.29 is 4.79 Å². The Morgan fingerprint density at radius 2 is 2.08 bits per heavy atom. The van der Waals surface area contributed by atoms with Crippen molar-refractivity contribution in [2.45, 2.75) is 13.8 Å². The second kappa shape index (κ2) is 3.74. The van der Waals surface area contributed by atoms with Crippen LogP contribution in [0.4, 0.5) is 0 Å². The van der Waals surface area contributed by atoms with E-state index in [9.17, 15) is 4.79 Å². The third kappa shape index (κ3) is 2.07. The number of benzene rings is 1. The van der Waals surface area contributed by atoms with Gasteiger partial charge in [0.05, 0.1) is 0 Å². The molecular weight excluding hydrogens is 166 g/mol. The second-order valence-electron chi connectivity index (χ2n) is 2.79. The fourth-order valence-corrected chi connectivity index (χ4v) is 0.973. The molecule has 4 heteroatoms. The van der Waals surface area contributed by atoms with Gasteiger partial charge in [-0.1, -0.05) is 12.1 Å². The summed E-state index contributed by atoms with van der Waals surface area (Å²) in [5.41, 5.74) is 10.6. The van der Waals surface area contributed by atoms with Crippen molar-refractivity contribution in [1.82, 2.24) is 0 Å². The van der Waals surface area contributed by atoms with E-state index in [2.05, 4.69) is 10.0 Å². The van der Waals surface area contributed by atoms with Gasteiger partial charge in [-0.3, -0.25) is 4.79 Å². The number of rotatable bonds is 1. The van der Waals surface area contributed by atoms with Crippen LogP contribution >= 0.6 is 0 Å². The highest BCUT2D eigenvalue weighted by Crippen LogP contribution is 2.10. The molecule has 0 aliphatic heterocycles. The van der Waals surface area contributed by atoms with Gasteiger partial charge in [-0.05, 0) is 41.7 Å². The van der Waals surface area contributed by atoms with Crippen molar-refractivity contribution in [3.8, 4) is 0 Å². The van der Waals surface area contributed by atoms with Crippen molar-refractivity contribution in [2.24, 2.45) is 5.11 Å². The number of hydrogen-bond donors (Lipinski definition) is 0. The Balaban J connectivity index is 3.10. The number of carbonyl (C=O) groups excluding carboxylic acids is 1. The zero-order valence-corrected chi connectivity index (χ0v) is 7.48. The SMILES string of the molecule is Cc1ccc(C(=O)N=[N+]=[N-])cc1C. The molecule has 0 fully saturated rings. The molecule has 0 unspecified atom stereocenters. The van der Waals surface area contributed by atoms with Gasteiger partial charge < -0.3 is 0 Å². The molecule has 0 atom stereocenters. The maximum absolute atomic E-state index is 11.1. The summed E-state index contributed by atoms with van der Waals surface area (Å²) in [6, 6.07) is 5.20. The highest BCUT2D eigenvalue weighted by atomic mass is 16.1. The Hall–Kier alpha value is -1.80. The monoisotopic (exact) mass is 175 g/mol. The van der Waals surface area contributed by atoms with Crippen molar-refractivity contribution in [3.05, 3.63) is 45.3 Å². The van der Waals surface area contributed by atoms with Crippen LogP contribution in [0.15, 0.2) is 23.3 Å². The average Bonchev–Trinajstić information content (AvgIpc) is 2.10. The number of aryl methyl sites for hydroxylation is 2. The minimum Gasteiger partial charge on any atom is -0.287 e. The molecule has 0 heterocycles. The lowest BCUT2D eigenvalue weighted by atomic mass is 10.1. The van der Waals surface area contributed by atoms with Crippen LogP contribution in [0.2, 0.25) is 0 Å². The topological polar surface area (TPSA) is 65.8 Å². The minimum absolute atomic E-state index is 0.431. The van der Waals surface area contributed by atoms with Crippen LogP contribution in [0.3, 0.4) is 0 Å². The van der Waals surface area contributed by atoms with Crippen LogP contribution in [-0.4, -0.2) is 5.91 Å². The number of nitrogens with zero attached hydrogens (tertiary/aromatic N) is 3. The van der Waals surface area contributed by atoms with Gasteiger partial charge in [0.15, 0.2) is 0 Å². The fraction of sp³-hybridized carbons (Fsp3) is 0.222. The highest BCUT2D eigenvalue weighted by molar-refractivity contribution is 5.95. The normalized spacial score (nSPS) is 9.08. The van der Waals surface area contributed by atoms with Gasteiger partial charge in [-0.25, -0.2) is 0 Å². The first-order valence-electron chi connectivity index (χ1n) is 3.82. The van der Waals surface area contributed by atoms with E-state index in [0.717, 1.165) is 11.1 Å². The molecule has 0 saturated heterocycles. The van der Waals surface area contributed by atoms with Crippen LogP contribution in [0.1, 0.15) is 21.5 Å². The largest absolute Gasteiger partial charge is 0.287 e. The summed E-state index contributed by atoms with van der Waals surface area (Å²) in [7, 11) is 0. The molecule has 66 valence electrons. The number of carbonyl (C=O) groups is 1. The van der Waals surface area contributed by atoms with Crippen molar-refractivity contribution >= 4 is 5.91 Å². The Kier molecular flexibility index (Phi) is 2.67. The molecule has 13 heavy (non-hydrogen) atoms. The molecule has 0 aromatic heterocycles. The molecule has 0 aliphatic rings. The maximum atomic E-state index is 11.1. The maximum Gasteiger partial charge on any atom is 0.249 e. The van der Waals surface area contributed by atoms with E-state index < -0.39 is 5.91 Å². The summed E-state index contributed by atoms with van der Waals surface area (Å²) in [4.78, 5) is 13.5. The van der Waals surface area contributed by atoms with Gasteiger partial charge in [-0.15, -0.1) is 0 Å². The molecule has 0 spiro atoms. The predicted molar refractivity (Wildman–Crippen MR) is 49.4 cm³/mol. The first kappa shape index (κ1) is 9.29. The van der Waals surface area contributed by atoms with E-state index >= 15 is 0 Å². The van der Waals surface area contributed by atoms with Crippen LogP contribution in [-0.2, 0) is 0 Å². The molecule has 1 aromatic carbocycles. The van der Waals surface area contributed by atoms with Gasteiger partial charge in [0.1, 0.15) is 0 Å². The standard InChI is InChI=1S/C9H9N3O/c1-6-3-4-8(5-7(6)2)9(13)11-12-10/h3-5H,1-2H3. The van der Waals surface area contributed by atoms with Crippen LogP contribution in [0, 0.1) is 13.8 Å². The Morgan fingerprint density at radius 1 is 1.38 bits per heavy atom. The summed E-state index contributed by atoms with van der Waals surface area (Å²) in [5.74, 6) is -0.536. The minimum atomic E-state index is -0.536. The Bertz CT molecular complexity index is 392. The molecule has 1 aromatic rings. The summed E-state index contributed by atoms with van der Waals surface area (Å²) in [6.45, 7) is 3.86. The lowest BCUT2D eigenvalue weighted by Crippen LogP contribution is -1.94. The van der Waals surface area contributed by atoms with Crippen molar-refractivity contribution in [1.29, 1.82) is 0 Å². The summed E-state index contributed by atoms with van der Waals surface area (Å²) in [5, 5.41) is 3.01. The first-order valence-corrected chi connectivity index (χ1v) is 3.82. The summed E-state index contributed by atoms with van der Waals surface area (Å²) >= 11 is 0. The van der Waals surface area contributed by atoms with E-state index in [1.165, 1.54) is 0 Å². The van der Waals surface area contributed by atoms with E-state index in [4.69, 9.17) is 5.53 Å². The molecule has 4 nitrogen and oxygen atoms in total. The summed E-state index contributed by atoms with van der Waals surface area (Å²) in [6.07, 6.45) is 0. The zero-order chi connectivity index (χ0) is 9.84. The number of hydrogen-bond acceptors (Lipinski definition) is 1. The third-order valence-corrected chi connectivity index (χ3v) is 1.89. The van der Waals surface area contributed by atoms with Gasteiger partial charge in [0, 0.05) is 10.5 Å². The van der Waals surface area contributed by atoms with Crippen molar-refractivity contribution in [3.63, 3.8) is 0 Å². The van der Waals surface area contributed by atoms with Crippen LogP contribution < -0.4 is 0 Å². The summed E-state index contributed by atoms with van der Waals surface area (Å²) < 4.78 is 0. The predicted octanol–water partition coefficient (Wildman–Crippen LogP) is 2.75. The highest BCUT2D eigenvalue weighted by Gasteiger charge is 2.03. The second-order valence-corrected chi connectivity index (χ2v) is 2.79. The van der Waals surface area contributed by atoms with Crippen LogP contribution in [0.25, 0.3) is 10.4 Å². The zero-order valence-electron chi connectivity index (χ0n) is 7.48. The van der Waals surface area contributed by atoms with E-state index in [1.54, 1.807) is 12.1 Å². The molecule has 1 amide bonds. The lowest BCUT2D eigenvalue weighted by Gasteiger charge is -2.00. The smallest absolute Gasteiger partial charge is 0.249 e. The van der Waals surface area contributed by atoms with Crippen LogP contribution in [0.5, 0.6) is 0 Å². The molecule has 0 radical (unpaired) electrons. The van der Waals surface area contributed by atoms with Gasteiger partial charge >= 0.3 is 0 Å². The number of azide groups is 1. The lowest BCUT2D eigenvalue weighted by molar-refractivity contribution is 0.100. The third-order valence-electron chi connectivity index (χ3n) is 1.89. The number of amides is 1. The Labute approximate surface area is 75.8 Å². The van der Waals surface area contributed by atoms with E-state index in [0.29, 0.717) is 5.56 Å². The van der Waals surface area contributed by atoms with Gasteiger partial charge in [0.2, 0.25) is 5.91 Å². The van der Waals surface area contributed by atoms with Crippen molar-refractivity contribution in [2.75, 3.05) is 0 Å². The molecule has 0 N–H and O–H groups in total. The van der Waals surface area contributed by atoms with Gasteiger partial charge in [-0.2, -0.15) is 0 Å².